The fourth-order valence-corrected chi connectivity index (χ4v) is 3.58. The van der Waals surface area contributed by atoms with E-state index in [9.17, 15) is 0 Å². The molecule has 96 valence electrons. The van der Waals surface area contributed by atoms with Crippen molar-refractivity contribution in [3.05, 3.63) is 0 Å². The van der Waals surface area contributed by atoms with Crippen LogP contribution in [0.4, 0.5) is 0 Å². The van der Waals surface area contributed by atoms with Crippen molar-refractivity contribution in [2.24, 2.45) is 11.3 Å². The van der Waals surface area contributed by atoms with E-state index >= 15 is 0 Å². The summed E-state index contributed by atoms with van der Waals surface area (Å²) in [5.41, 5.74) is 0.465. The second-order valence-electron chi connectivity index (χ2n) is 6.01. The number of piperidine rings is 2. The fourth-order valence-electron chi connectivity index (χ4n) is 3.58. The summed E-state index contributed by atoms with van der Waals surface area (Å²) < 4.78 is 0. The molecule has 2 aliphatic rings. The van der Waals surface area contributed by atoms with Gasteiger partial charge in [-0.3, -0.25) is 0 Å². The maximum Gasteiger partial charge on any atom is 0.0625 e. The highest BCUT2D eigenvalue weighted by atomic mass is 15.2. The van der Waals surface area contributed by atoms with Gasteiger partial charge in [-0.2, -0.15) is 5.26 Å². The third-order valence-electron chi connectivity index (χ3n) is 4.89. The lowest BCUT2D eigenvalue weighted by atomic mass is 9.63. The van der Waals surface area contributed by atoms with Crippen molar-refractivity contribution in [1.82, 2.24) is 10.2 Å². The third kappa shape index (κ3) is 2.64. The molecule has 1 unspecified atom stereocenters. The van der Waals surface area contributed by atoms with Crippen molar-refractivity contribution in [2.75, 3.05) is 26.2 Å². The zero-order valence-electron chi connectivity index (χ0n) is 11.2. The van der Waals surface area contributed by atoms with Gasteiger partial charge in [-0.05, 0) is 64.1 Å². The maximum atomic E-state index is 9.07. The van der Waals surface area contributed by atoms with Gasteiger partial charge >= 0.3 is 0 Å². The molecule has 0 amide bonds. The SMILES string of the molecule is CC(C)N1CCC2(CCNCC2)C(CC#N)C1. The van der Waals surface area contributed by atoms with Crippen LogP contribution in [0.3, 0.4) is 0 Å². The minimum absolute atomic E-state index is 0.465. The number of nitrogens with zero attached hydrogens (tertiary/aromatic N) is 2. The Morgan fingerprint density at radius 2 is 2.06 bits per heavy atom. The summed E-state index contributed by atoms with van der Waals surface area (Å²) in [5.74, 6) is 0.589. The van der Waals surface area contributed by atoms with Gasteiger partial charge in [-0.15, -0.1) is 0 Å². The minimum Gasteiger partial charge on any atom is -0.317 e. The summed E-state index contributed by atoms with van der Waals surface area (Å²) in [6.07, 6.45) is 4.57. The molecule has 3 heteroatoms. The second kappa shape index (κ2) is 5.37. The highest BCUT2D eigenvalue weighted by Gasteiger charge is 2.43. The molecular weight excluding hydrogens is 210 g/mol. The lowest BCUT2D eigenvalue weighted by Crippen LogP contribution is -2.53. The summed E-state index contributed by atoms with van der Waals surface area (Å²) >= 11 is 0. The largest absolute Gasteiger partial charge is 0.317 e. The van der Waals surface area contributed by atoms with Crippen LogP contribution in [0.1, 0.15) is 39.5 Å². The first-order valence-electron chi connectivity index (χ1n) is 7.00. The molecule has 0 aromatic carbocycles. The van der Waals surface area contributed by atoms with E-state index < -0.39 is 0 Å². The van der Waals surface area contributed by atoms with Gasteiger partial charge in [0, 0.05) is 19.0 Å². The maximum absolute atomic E-state index is 9.07. The molecule has 0 aromatic heterocycles. The average Bonchev–Trinajstić information content (AvgIpc) is 2.33. The normalized spacial score (nSPS) is 29.4. The van der Waals surface area contributed by atoms with E-state index in [1.54, 1.807) is 0 Å². The number of hydrogen-bond donors (Lipinski definition) is 1. The molecule has 0 aromatic rings. The molecule has 17 heavy (non-hydrogen) atoms. The summed E-state index contributed by atoms with van der Waals surface area (Å²) in [4.78, 5) is 2.55. The number of hydrogen-bond acceptors (Lipinski definition) is 3. The Morgan fingerprint density at radius 3 is 2.65 bits per heavy atom. The zero-order chi connectivity index (χ0) is 12.3. The van der Waals surface area contributed by atoms with Crippen LogP contribution in [0.5, 0.6) is 0 Å². The number of nitriles is 1. The quantitative estimate of drug-likeness (QED) is 0.795. The van der Waals surface area contributed by atoms with Crippen LogP contribution in [-0.4, -0.2) is 37.1 Å². The lowest BCUT2D eigenvalue weighted by Gasteiger charge is -2.50. The topological polar surface area (TPSA) is 39.1 Å². The number of nitrogens with one attached hydrogen (secondary N) is 1. The Balaban J connectivity index is 2.08. The minimum atomic E-state index is 0.465. The Morgan fingerprint density at radius 1 is 1.35 bits per heavy atom. The van der Waals surface area contributed by atoms with Crippen LogP contribution in [0.15, 0.2) is 0 Å². The predicted molar refractivity (Wildman–Crippen MR) is 69.6 cm³/mol. The molecule has 0 bridgehead atoms. The van der Waals surface area contributed by atoms with Crippen molar-refractivity contribution in [3.8, 4) is 6.07 Å². The molecule has 1 N–H and O–H groups in total. The second-order valence-corrected chi connectivity index (χ2v) is 6.01. The van der Waals surface area contributed by atoms with Gasteiger partial charge in [-0.25, -0.2) is 0 Å². The van der Waals surface area contributed by atoms with Crippen LogP contribution < -0.4 is 5.32 Å². The van der Waals surface area contributed by atoms with Gasteiger partial charge in [-0.1, -0.05) is 0 Å². The Labute approximate surface area is 105 Å². The molecule has 2 fully saturated rings. The number of likely N-dealkylation sites (tertiary alicyclic amines) is 1. The van der Waals surface area contributed by atoms with E-state index in [0.717, 1.165) is 26.1 Å². The van der Waals surface area contributed by atoms with E-state index in [0.29, 0.717) is 17.4 Å². The first-order chi connectivity index (χ1) is 8.18. The van der Waals surface area contributed by atoms with E-state index in [4.69, 9.17) is 5.26 Å². The van der Waals surface area contributed by atoms with Crippen molar-refractivity contribution in [1.29, 1.82) is 5.26 Å². The Bertz CT molecular complexity index is 286. The first kappa shape index (κ1) is 12.9. The van der Waals surface area contributed by atoms with Crippen molar-refractivity contribution in [2.45, 2.75) is 45.6 Å². The highest BCUT2D eigenvalue weighted by Crippen LogP contribution is 2.45. The number of rotatable bonds is 2. The molecule has 2 saturated heterocycles. The van der Waals surface area contributed by atoms with Crippen LogP contribution >= 0.6 is 0 Å². The lowest BCUT2D eigenvalue weighted by molar-refractivity contribution is -0.00198. The van der Waals surface area contributed by atoms with E-state index in [2.05, 4.69) is 30.1 Å². The van der Waals surface area contributed by atoms with E-state index in [1.807, 2.05) is 0 Å². The Kier molecular flexibility index (Phi) is 4.06. The summed E-state index contributed by atoms with van der Waals surface area (Å²) in [6.45, 7) is 9.17. The van der Waals surface area contributed by atoms with Gasteiger partial charge in [0.15, 0.2) is 0 Å². The Hall–Kier alpha value is -0.590. The molecule has 2 heterocycles. The van der Waals surface area contributed by atoms with Crippen LogP contribution in [0.25, 0.3) is 0 Å². The molecule has 1 atom stereocenters. The molecule has 0 radical (unpaired) electrons. The van der Waals surface area contributed by atoms with Crippen molar-refractivity contribution >= 4 is 0 Å². The zero-order valence-corrected chi connectivity index (χ0v) is 11.2. The van der Waals surface area contributed by atoms with E-state index in [-0.39, 0.29) is 0 Å². The molecule has 2 rings (SSSR count). The van der Waals surface area contributed by atoms with Gasteiger partial charge in [0.05, 0.1) is 6.07 Å². The van der Waals surface area contributed by atoms with Gasteiger partial charge in [0.25, 0.3) is 0 Å². The molecule has 1 spiro atoms. The molecule has 0 saturated carbocycles. The fraction of sp³-hybridized carbons (Fsp3) is 0.929. The monoisotopic (exact) mass is 235 g/mol. The van der Waals surface area contributed by atoms with Crippen molar-refractivity contribution in [3.63, 3.8) is 0 Å². The van der Waals surface area contributed by atoms with Crippen LogP contribution in [0.2, 0.25) is 0 Å². The first-order valence-corrected chi connectivity index (χ1v) is 7.00. The standard InChI is InChI=1S/C14H25N3/c1-12(2)17-10-6-14(4-8-16-9-5-14)13(11-17)3-7-15/h12-13,16H,3-6,8-11H2,1-2H3. The highest BCUT2D eigenvalue weighted by molar-refractivity contribution is 4.98. The molecule has 2 aliphatic heterocycles. The van der Waals surface area contributed by atoms with Crippen LogP contribution in [0, 0.1) is 22.7 Å². The third-order valence-corrected chi connectivity index (χ3v) is 4.89. The molecule has 3 nitrogen and oxygen atoms in total. The molecular formula is C14H25N3. The van der Waals surface area contributed by atoms with Gasteiger partial charge < -0.3 is 10.2 Å². The van der Waals surface area contributed by atoms with Gasteiger partial charge in [0.2, 0.25) is 0 Å². The van der Waals surface area contributed by atoms with Crippen molar-refractivity contribution < 1.29 is 0 Å². The predicted octanol–water partition coefficient (Wildman–Crippen LogP) is 2.00. The summed E-state index contributed by atoms with van der Waals surface area (Å²) in [7, 11) is 0. The van der Waals surface area contributed by atoms with Crippen LogP contribution in [-0.2, 0) is 0 Å². The summed E-state index contributed by atoms with van der Waals surface area (Å²) in [6, 6.07) is 3.04. The molecule has 0 aliphatic carbocycles. The summed E-state index contributed by atoms with van der Waals surface area (Å²) in [5, 5.41) is 12.5. The smallest absolute Gasteiger partial charge is 0.0625 e. The average molecular weight is 235 g/mol. The van der Waals surface area contributed by atoms with E-state index in [1.165, 1.54) is 25.8 Å². The van der Waals surface area contributed by atoms with Gasteiger partial charge in [0.1, 0.15) is 0 Å².